The number of pyridine rings is 1. The minimum Gasteiger partial charge on any atom is -0.356 e. The van der Waals surface area contributed by atoms with Crippen LogP contribution in [-0.4, -0.2) is 30.0 Å². The molecule has 1 amide bonds. The lowest BCUT2D eigenvalue weighted by Gasteiger charge is -2.33. The molecule has 1 aromatic heterocycles. The van der Waals surface area contributed by atoms with Gasteiger partial charge in [0.25, 0.3) is 5.91 Å². The van der Waals surface area contributed by atoms with Crippen LogP contribution in [0.5, 0.6) is 0 Å². The second-order valence-corrected chi connectivity index (χ2v) is 7.28. The first-order chi connectivity index (χ1) is 12.3. The van der Waals surface area contributed by atoms with E-state index in [2.05, 4.69) is 32.9 Å². The molecule has 0 radical (unpaired) electrons. The van der Waals surface area contributed by atoms with E-state index in [1.165, 1.54) is 6.07 Å². The third kappa shape index (κ3) is 4.46. The van der Waals surface area contributed by atoms with Crippen LogP contribution in [0.25, 0.3) is 0 Å². The van der Waals surface area contributed by atoms with Crippen LogP contribution in [0.1, 0.15) is 28.8 Å². The molecule has 2 heterocycles. The van der Waals surface area contributed by atoms with Gasteiger partial charge in [-0.2, -0.15) is 13.2 Å². The Morgan fingerprint density at radius 1 is 1.15 bits per heavy atom. The van der Waals surface area contributed by atoms with Crippen LogP contribution in [0.2, 0.25) is 0 Å². The average Bonchev–Trinajstić information content (AvgIpc) is 2.62. The number of carbonyl (C=O) groups is 1. The number of nitrogens with one attached hydrogen (secondary N) is 1. The molecule has 0 bridgehead atoms. The zero-order valence-electron chi connectivity index (χ0n) is 13.8. The summed E-state index contributed by atoms with van der Waals surface area (Å²) in [5, 5.41) is 3.04. The van der Waals surface area contributed by atoms with Gasteiger partial charge in [0, 0.05) is 28.9 Å². The molecule has 4 nitrogen and oxygen atoms in total. The fourth-order valence-electron chi connectivity index (χ4n) is 2.90. The number of benzene rings is 1. The Labute approximate surface area is 162 Å². The Morgan fingerprint density at radius 2 is 1.85 bits per heavy atom. The van der Waals surface area contributed by atoms with E-state index in [-0.39, 0.29) is 11.9 Å². The standard InChI is InChI=1S/C18H17F3IN3O/c19-18(20,21)12-5-6-16(23-11-12)25-9-7-13(8-10-25)24-17(26)14-3-1-2-4-15(14)22/h1-6,11,13H,7-10H2,(H,24,26). The summed E-state index contributed by atoms with van der Waals surface area (Å²) in [6.45, 7) is 1.27. The number of carbonyl (C=O) groups excluding carboxylic acids is 1. The third-order valence-corrected chi connectivity index (χ3v) is 5.29. The van der Waals surface area contributed by atoms with Crippen LogP contribution in [0.3, 0.4) is 0 Å². The lowest BCUT2D eigenvalue weighted by molar-refractivity contribution is -0.137. The smallest absolute Gasteiger partial charge is 0.356 e. The molecule has 1 aliphatic heterocycles. The van der Waals surface area contributed by atoms with Crippen LogP contribution in [0.4, 0.5) is 19.0 Å². The van der Waals surface area contributed by atoms with Gasteiger partial charge in [0.15, 0.2) is 0 Å². The molecular weight excluding hydrogens is 458 g/mol. The Balaban J connectivity index is 1.56. The molecule has 26 heavy (non-hydrogen) atoms. The van der Waals surface area contributed by atoms with Crippen molar-refractivity contribution >= 4 is 34.3 Å². The van der Waals surface area contributed by atoms with Gasteiger partial charge in [0.2, 0.25) is 0 Å². The van der Waals surface area contributed by atoms with Gasteiger partial charge < -0.3 is 10.2 Å². The van der Waals surface area contributed by atoms with Crippen LogP contribution in [0, 0.1) is 3.57 Å². The summed E-state index contributed by atoms with van der Waals surface area (Å²) in [4.78, 5) is 18.2. The summed E-state index contributed by atoms with van der Waals surface area (Å²) >= 11 is 2.13. The first-order valence-electron chi connectivity index (χ1n) is 8.18. The van der Waals surface area contributed by atoms with Crippen LogP contribution in [-0.2, 0) is 6.18 Å². The Kier molecular flexibility index (Phi) is 5.69. The highest BCUT2D eigenvalue weighted by Gasteiger charge is 2.31. The van der Waals surface area contributed by atoms with Crippen LogP contribution < -0.4 is 10.2 Å². The van der Waals surface area contributed by atoms with Gasteiger partial charge >= 0.3 is 6.18 Å². The molecular formula is C18H17F3IN3O. The van der Waals surface area contributed by atoms with Gasteiger partial charge in [-0.15, -0.1) is 0 Å². The topological polar surface area (TPSA) is 45.2 Å². The van der Waals surface area contributed by atoms with Gasteiger partial charge in [0.05, 0.1) is 11.1 Å². The largest absolute Gasteiger partial charge is 0.417 e. The maximum Gasteiger partial charge on any atom is 0.417 e. The van der Waals surface area contributed by atoms with E-state index in [0.717, 1.165) is 28.7 Å². The van der Waals surface area contributed by atoms with Crippen molar-refractivity contribution < 1.29 is 18.0 Å². The number of nitrogens with zero attached hydrogens (tertiary/aromatic N) is 2. The van der Waals surface area contributed by atoms with Gasteiger partial charge in [0.1, 0.15) is 5.82 Å². The summed E-state index contributed by atoms with van der Waals surface area (Å²) in [5.74, 6) is 0.432. The second-order valence-electron chi connectivity index (χ2n) is 6.12. The number of alkyl halides is 3. The maximum absolute atomic E-state index is 12.6. The summed E-state index contributed by atoms with van der Waals surface area (Å²) in [5.41, 5.74) is -0.0965. The molecule has 1 N–H and O–H groups in total. The van der Waals surface area contributed by atoms with Crippen molar-refractivity contribution in [3.8, 4) is 0 Å². The predicted molar refractivity (Wildman–Crippen MR) is 101 cm³/mol. The highest BCUT2D eigenvalue weighted by molar-refractivity contribution is 14.1. The first-order valence-corrected chi connectivity index (χ1v) is 9.26. The molecule has 0 unspecified atom stereocenters. The SMILES string of the molecule is O=C(NC1CCN(c2ccc(C(F)(F)F)cn2)CC1)c1ccccc1I. The van der Waals surface area contributed by atoms with E-state index in [1.807, 2.05) is 23.1 Å². The molecule has 3 rings (SSSR count). The lowest BCUT2D eigenvalue weighted by atomic mass is 10.0. The molecule has 0 aliphatic carbocycles. The minimum atomic E-state index is -4.38. The normalized spacial score (nSPS) is 15.8. The maximum atomic E-state index is 12.6. The summed E-state index contributed by atoms with van der Waals surface area (Å²) in [6, 6.07) is 9.88. The first kappa shape index (κ1) is 18.9. The fourth-order valence-corrected chi connectivity index (χ4v) is 3.53. The Bertz CT molecular complexity index is 772. The number of hydrogen-bond donors (Lipinski definition) is 1. The van der Waals surface area contributed by atoms with Crippen molar-refractivity contribution in [3.63, 3.8) is 0 Å². The molecule has 8 heteroatoms. The number of amides is 1. The van der Waals surface area contributed by atoms with Gasteiger partial charge in [-0.05, 0) is 59.7 Å². The van der Waals surface area contributed by atoms with Crippen molar-refractivity contribution in [2.75, 3.05) is 18.0 Å². The van der Waals surface area contributed by atoms with Crippen molar-refractivity contribution in [3.05, 3.63) is 57.3 Å². The summed E-state index contributed by atoms with van der Waals surface area (Å²) in [7, 11) is 0. The highest BCUT2D eigenvalue weighted by Crippen LogP contribution is 2.29. The highest BCUT2D eigenvalue weighted by atomic mass is 127. The second kappa shape index (κ2) is 7.81. The van der Waals surface area contributed by atoms with Gasteiger partial charge in [-0.25, -0.2) is 4.98 Å². The molecule has 1 aliphatic rings. The zero-order chi connectivity index (χ0) is 18.7. The number of rotatable bonds is 3. The summed E-state index contributed by atoms with van der Waals surface area (Å²) < 4.78 is 38.7. The molecule has 1 fully saturated rings. The number of halogens is 4. The van der Waals surface area contributed by atoms with E-state index in [1.54, 1.807) is 6.07 Å². The Hall–Kier alpha value is -1.84. The average molecular weight is 475 g/mol. The Morgan fingerprint density at radius 3 is 2.42 bits per heavy atom. The molecule has 0 spiro atoms. The van der Waals surface area contributed by atoms with E-state index in [4.69, 9.17) is 0 Å². The van der Waals surface area contributed by atoms with Gasteiger partial charge in [-0.3, -0.25) is 4.79 Å². The van der Waals surface area contributed by atoms with Crippen molar-refractivity contribution in [2.24, 2.45) is 0 Å². The molecule has 1 aromatic carbocycles. The quantitative estimate of drug-likeness (QED) is 0.681. The fraction of sp³-hybridized carbons (Fsp3) is 0.333. The molecule has 138 valence electrons. The molecule has 2 aromatic rings. The predicted octanol–water partition coefficient (Wildman–Crippen LogP) is 4.10. The number of anilines is 1. The number of aromatic nitrogens is 1. The van der Waals surface area contributed by atoms with Crippen molar-refractivity contribution in [1.82, 2.24) is 10.3 Å². The van der Waals surface area contributed by atoms with E-state index in [9.17, 15) is 18.0 Å². The van der Waals surface area contributed by atoms with Crippen molar-refractivity contribution in [2.45, 2.75) is 25.1 Å². The molecule has 0 atom stereocenters. The lowest BCUT2D eigenvalue weighted by Crippen LogP contribution is -2.45. The van der Waals surface area contributed by atoms with Crippen LogP contribution >= 0.6 is 22.6 Å². The minimum absolute atomic E-state index is 0.0456. The van der Waals surface area contributed by atoms with Crippen molar-refractivity contribution in [1.29, 1.82) is 0 Å². The van der Waals surface area contributed by atoms with E-state index in [0.29, 0.717) is 24.5 Å². The van der Waals surface area contributed by atoms with E-state index < -0.39 is 11.7 Å². The summed E-state index contributed by atoms with van der Waals surface area (Å²) in [6.07, 6.45) is -2.08. The third-order valence-electron chi connectivity index (χ3n) is 4.35. The number of piperidine rings is 1. The van der Waals surface area contributed by atoms with Crippen LogP contribution in [0.15, 0.2) is 42.6 Å². The number of hydrogen-bond acceptors (Lipinski definition) is 3. The van der Waals surface area contributed by atoms with E-state index >= 15 is 0 Å². The van der Waals surface area contributed by atoms with Gasteiger partial charge in [-0.1, -0.05) is 12.1 Å². The monoisotopic (exact) mass is 475 g/mol. The zero-order valence-corrected chi connectivity index (χ0v) is 15.9. The molecule has 0 saturated carbocycles. The molecule has 1 saturated heterocycles.